The first kappa shape index (κ1) is 25.0. The van der Waals surface area contributed by atoms with Gasteiger partial charge in [0.15, 0.2) is 0 Å². The molecule has 1 amide bonds. The minimum Gasteiger partial charge on any atom is -0.458 e. The highest BCUT2D eigenvalue weighted by molar-refractivity contribution is 6.03. The number of ether oxygens (including phenoxy) is 2. The van der Waals surface area contributed by atoms with E-state index < -0.39 is 35.6 Å². The van der Waals surface area contributed by atoms with Crippen LogP contribution in [0.15, 0.2) is 72.8 Å². The van der Waals surface area contributed by atoms with Crippen molar-refractivity contribution < 1.29 is 32.6 Å². The van der Waals surface area contributed by atoms with Gasteiger partial charge in [0.25, 0.3) is 0 Å². The Morgan fingerprint density at radius 1 is 0.861 bits per heavy atom. The number of halogens is 2. The summed E-state index contributed by atoms with van der Waals surface area (Å²) < 4.78 is 37.5. The lowest BCUT2D eigenvalue weighted by molar-refractivity contribution is -0.147. The number of carbonyl (C=O) groups excluding carboxylic acids is 3. The fourth-order valence-electron chi connectivity index (χ4n) is 4.50. The second-order valence-corrected chi connectivity index (χ2v) is 8.63. The third-order valence-electron chi connectivity index (χ3n) is 6.09. The molecule has 1 aliphatic heterocycles. The number of hydrogen-bond donors (Lipinski definition) is 0. The molecule has 1 aliphatic rings. The molecule has 8 heteroatoms. The van der Waals surface area contributed by atoms with Crippen molar-refractivity contribution in [3.05, 3.63) is 95.6 Å². The van der Waals surface area contributed by atoms with Gasteiger partial charge in [-0.3, -0.25) is 14.4 Å². The van der Waals surface area contributed by atoms with Crippen molar-refractivity contribution in [3.8, 4) is 5.75 Å². The topological polar surface area (TPSA) is 72.9 Å². The number of rotatable bonds is 8. The van der Waals surface area contributed by atoms with E-state index in [9.17, 15) is 23.2 Å². The molecule has 1 heterocycles. The first-order valence-electron chi connectivity index (χ1n) is 11.5. The van der Waals surface area contributed by atoms with Crippen molar-refractivity contribution in [2.24, 2.45) is 5.92 Å². The molecule has 0 bridgehead atoms. The Morgan fingerprint density at radius 3 is 2.00 bits per heavy atom. The van der Waals surface area contributed by atoms with E-state index in [4.69, 9.17) is 9.47 Å². The van der Waals surface area contributed by atoms with Gasteiger partial charge in [-0.05, 0) is 72.5 Å². The Hall–Kier alpha value is -4.07. The van der Waals surface area contributed by atoms with Crippen LogP contribution in [-0.4, -0.2) is 17.8 Å². The molecule has 0 spiro atoms. The largest absolute Gasteiger partial charge is 0.458 e. The first-order valence-corrected chi connectivity index (χ1v) is 11.5. The Labute approximate surface area is 207 Å². The maximum atomic E-state index is 13.5. The van der Waals surface area contributed by atoms with E-state index in [0.29, 0.717) is 29.8 Å². The van der Waals surface area contributed by atoms with Crippen molar-refractivity contribution in [1.29, 1.82) is 0 Å². The molecule has 0 aromatic heterocycles. The van der Waals surface area contributed by atoms with Crippen LogP contribution in [0.5, 0.6) is 5.75 Å². The summed E-state index contributed by atoms with van der Waals surface area (Å²) in [6.45, 7) is 2.61. The Bertz CT molecular complexity index is 1240. The van der Waals surface area contributed by atoms with Crippen molar-refractivity contribution in [2.75, 3.05) is 4.90 Å². The molecule has 0 N–H and O–H groups in total. The van der Waals surface area contributed by atoms with Crippen LogP contribution in [0, 0.1) is 17.6 Å². The van der Waals surface area contributed by atoms with E-state index in [1.165, 1.54) is 38.1 Å². The van der Waals surface area contributed by atoms with Gasteiger partial charge in [-0.15, -0.1) is 0 Å². The lowest BCUT2D eigenvalue weighted by Gasteiger charge is -2.48. The molecule has 0 saturated carbocycles. The van der Waals surface area contributed by atoms with E-state index in [1.807, 2.05) is 0 Å². The zero-order chi connectivity index (χ0) is 25.8. The van der Waals surface area contributed by atoms with E-state index in [0.717, 1.165) is 5.56 Å². The molecule has 3 aromatic rings. The van der Waals surface area contributed by atoms with Crippen molar-refractivity contribution in [2.45, 2.75) is 38.8 Å². The predicted molar refractivity (Wildman–Crippen MR) is 128 cm³/mol. The van der Waals surface area contributed by atoms with Crippen LogP contribution in [0.1, 0.15) is 50.0 Å². The smallest absolute Gasteiger partial charge is 0.308 e. The van der Waals surface area contributed by atoms with Crippen LogP contribution in [0.2, 0.25) is 0 Å². The summed E-state index contributed by atoms with van der Waals surface area (Å²) in [5.74, 6) is -1.92. The molecule has 36 heavy (non-hydrogen) atoms. The Balaban J connectivity index is 1.59. The molecule has 1 fully saturated rings. The standard InChI is InChI=1S/C28H25F2NO5/c1-17(32)35-24-13-5-20(6-14-24)27-25(28(34)31(27)23-11-9-22(30)10-12-23)15-16-26(36-18(2)33)19-3-7-21(29)8-4-19/h3-14,25-27H,15-16H2,1-2H3/t25?,26-,27?/m1/s1. The number of hydrogen-bond acceptors (Lipinski definition) is 5. The van der Waals surface area contributed by atoms with Gasteiger partial charge in [0.05, 0.1) is 12.0 Å². The molecule has 3 atom stereocenters. The average molecular weight is 494 g/mol. The number of esters is 2. The zero-order valence-corrected chi connectivity index (χ0v) is 19.8. The molecule has 3 aromatic carbocycles. The van der Waals surface area contributed by atoms with Crippen molar-refractivity contribution in [1.82, 2.24) is 0 Å². The van der Waals surface area contributed by atoms with E-state index in [-0.39, 0.29) is 11.9 Å². The summed E-state index contributed by atoms with van der Waals surface area (Å²) in [5.41, 5.74) is 2.00. The van der Waals surface area contributed by atoms with E-state index in [2.05, 4.69) is 0 Å². The molecule has 1 saturated heterocycles. The number of nitrogens with zero attached hydrogens (tertiary/aromatic N) is 1. The van der Waals surface area contributed by atoms with Gasteiger partial charge >= 0.3 is 11.9 Å². The normalized spacial score (nSPS) is 17.8. The highest BCUT2D eigenvalue weighted by Crippen LogP contribution is 2.46. The molecule has 6 nitrogen and oxygen atoms in total. The maximum Gasteiger partial charge on any atom is 0.308 e. The van der Waals surface area contributed by atoms with Crippen LogP contribution in [-0.2, 0) is 19.1 Å². The monoisotopic (exact) mass is 493 g/mol. The minimum absolute atomic E-state index is 0.142. The molecule has 4 rings (SSSR count). The van der Waals surface area contributed by atoms with Crippen LogP contribution >= 0.6 is 0 Å². The van der Waals surface area contributed by atoms with Crippen molar-refractivity contribution >= 4 is 23.5 Å². The summed E-state index contributed by atoms with van der Waals surface area (Å²) in [6.07, 6.45) is 0.103. The van der Waals surface area contributed by atoms with Crippen LogP contribution < -0.4 is 9.64 Å². The van der Waals surface area contributed by atoms with Crippen LogP contribution in [0.3, 0.4) is 0 Å². The van der Waals surface area contributed by atoms with Crippen LogP contribution in [0.4, 0.5) is 14.5 Å². The third kappa shape index (κ3) is 5.59. The maximum absolute atomic E-state index is 13.5. The van der Waals surface area contributed by atoms with Gasteiger partial charge in [-0.1, -0.05) is 24.3 Å². The average Bonchev–Trinajstić information content (AvgIpc) is 2.83. The van der Waals surface area contributed by atoms with Crippen LogP contribution in [0.25, 0.3) is 0 Å². The fraction of sp³-hybridized carbons (Fsp3) is 0.250. The fourth-order valence-corrected chi connectivity index (χ4v) is 4.50. The van der Waals surface area contributed by atoms with Gasteiger partial charge in [-0.25, -0.2) is 8.78 Å². The second-order valence-electron chi connectivity index (χ2n) is 8.63. The molecular weight excluding hydrogens is 468 g/mol. The highest BCUT2D eigenvalue weighted by atomic mass is 19.1. The summed E-state index contributed by atoms with van der Waals surface area (Å²) in [6, 6.07) is 17.9. The number of carbonyl (C=O) groups is 3. The second kappa shape index (κ2) is 10.7. The van der Waals surface area contributed by atoms with Gasteiger partial charge in [-0.2, -0.15) is 0 Å². The molecular formula is C28H25F2NO5. The van der Waals surface area contributed by atoms with Gasteiger partial charge in [0, 0.05) is 19.5 Å². The van der Waals surface area contributed by atoms with Gasteiger partial charge in [0.1, 0.15) is 23.5 Å². The molecule has 186 valence electrons. The lowest BCUT2D eigenvalue weighted by atomic mass is 9.78. The quantitative estimate of drug-likeness (QED) is 0.229. The lowest BCUT2D eigenvalue weighted by Crippen LogP contribution is -2.55. The summed E-state index contributed by atoms with van der Waals surface area (Å²) in [4.78, 5) is 37.8. The van der Waals surface area contributed by atoms with E-state index >= 15 is 0 Å². The van der Waals surface area contributed by atoms with Gasteiger partial charge in [0.2, 0.25) is 5.91 Å². The van der Waals surface area contributed by atoms with Gasteiger partial charge < -0.3 is 14.4 Å². The number of benzene rings is 3. The molecule has 2 unspecified atom stereocenters. The molecule has 0 radical (unpaired) electrons. The SMILES string of the molecule is CC(=O)Oc1ccc(C2C(CC[C@@H](OC(C)=O)c3ccc(F)cc3)C(=O)N2c2ccc(F)cc2)cc1. The third-order valence-corrected chi connectivity index (χ3v) is 6.09. The predicted octanol–water partition coefficient (Wildman–Crippen LogP) is 5.68. The highest BCUT2D eigenvalue weighted by Gasteiger charge is 2.48. The summed E-state index contributed by atoms with van der Waals surface area (Å²) in [7, 11) is 0. The van der Waals surface area contributed by atoms with E-state index in [1.54, 1.807) is 53.4 Å². The molecule has 0 aliphatic carbocycles. The summed E-state index contributed by atoms with van der Waals surface area (Å²) >= 11 is 0. The number of β-lactam (4-membered cyclic amide) rings is 1. The number of anilines is 1. The number of amides is 1. The summed E-state index contributed by atoms with van der Waals surface area (Å²) in [5, 5.41) is 0. The first-order chi connectivity index (χ1) is 17.2. The zero-order valence-electron chi connectivity index (χ0n) is 19.8. The van der Waals surface area contributed by atoms with Crippen molar-refractivity contribution in [3.63, 3.8) is 0 Å². The Kier molecular flexibility index (Phi) is 7.43. The minimum atomic E-state index is -0.636. The Morgan fingerprint density at radius 2 is 1.44 bits per heavy atom.